The van der Waals surface area contributed by atoms with E-state index in [0.29, 0.717) is 18.0 Å². The van der Waals surface area contributed by atoms with Gasteiger partial charge in [0.2, 0.25) is 0 Å². The van der Waals surface area contributed by atoms with Crippen molar-refractivity contribution in [1.29, 1.82) is 0 Å². The predicted octanol–water partition coefficient (Wildman–Crippen LogP) is 2.29. The Labute approximate surface area is 113 Å². The molecule has 1 N–H and O–H groups in total. The van der Waals surface area contributed by atoms with Gasteiger partial charge in [0.15, 0.2) is 0 Å². The topological polar surface area (TPSA) is 70.5 Å². The molecule has 0 saturated carbocycles. The van der Waals surface area contributed by atoms with Crippen LogP contribution >= 0.6 is 0 Å². The van der Waals surface area contributed by atoms with E-state index in [1.807, 2.05) is 0 Å². The Morgan fingerprint density at radius 1 is 1.37 bits per heavy atom. The van der Waals surface area contributed by atoms with Crippen LogP contribution in [0, 0.1) is 5.92 Å². The summed E-state index contributed by atoms with van der Waals surface area (Å²) in [7, 11) is 1.74. The van der Waals surface area contributed by atoms with Gasteiger partial charge in [0.25, 0.3) is 5.91 Å². The molecule has 1 aromatic rings. The number of aromatic carboxylic acids is 1. The van der Waals surface area contributed by atoms with Gasteiger partial charge in [-0.05, 0) is 30.9 Å². The van der Waals surface area contributed by atoms with Crippen LogP contribution in [-0.2, 0) is 0 Å². The lowest BCUT2D eigenvalue weighted by atomic mass is 10.1. The molecule has 0 unspecified atom stereocenters. The Balaban J connectivity index is 2.59. The molecule has 0 saturated heterocycles. The van der Waals surface area contributed by atoms with E-state index in [-0.39, 0.29) is 11.6 Å². The van der Waals surface area contributed by atoms with Gasteiger partial charge in [0.1, 0.15) is 5.69 Å². The van der Waals surface area contributed by atoms with Gasteiger partial charge in [0.05, 0.1) is 5.56 Å². The molecule has 19 heavy (non-hydrogen) atoms. The lowest BCUT2D eigenvalue weighted by molar-refractivity contribution is 0.0688. The van der Waals surface area contributed by atoms with E-state index in [1.165, 1.54) is 18.3 Å². The molecule has 0 aliphatic heterocycles. The highest BCUT2D eigenvalue weighted by molar-refractivity contribution is 5.94. The van der Waals surface area contributed by atoms with Gasteiger partial charge in [-0.15, -0.1) is 0 Å². The number of carboxylic acids is 1. The molecular weight excluding hydrogens is 244 g/mol. The summed E-state index contributed by atoms with van der Waals surface area (Å²) in [5, 5.41) is 8.73. The molecule has 1 aromatic heterocycles. The molecule has 0 aromatic carbocycles. The van der Waals surface area contributed by atoms with E-state index < -0.39 is 5.97 Å². The van der Waals surface area contributed by atoms with Gasteiger partial charge >= 0.3 is 5.97 Å². The molecule has 0 spiro atoms. The largest absolute Gasteiger partial charge is 0.477 e. The maximum Gasteiger partial charge on any atom is 0.354 e. The SMILES string of the molecule is CC(C)CCCN(C)C(=O)c1ccc(C(=O)O)nc1. The molecule has 0 radical (unpaired) electrons. The molecule has 5 heteroatoms. The van der Waals surface area contributed by atoms with Gasteiger partial charge in [0, 0.05) is 19.8 Å². The summed E-state index contributed by atoms with van der Waals surface area (Å²) >= 11 is 0. The maximum absolute atomic E-state index is 12.0. The third-order valence-corrected chi connectivity index (χ3v) is 2.85. The van der Waals surface area contributed by atoms with Crippen molar-refractivity contribution in [2.24, 2.45) is 5.92 Å². The van der Waals surface area contributed by atoms with Crippen LogP contribution in [0.3, 0.4) is 0 Å². The number of aromatic nitrogens is 1. The first-order chi connectivity index (χ1) is 8.91. The van der Waals surface area contributed by atoms with Gasteiger partial charge in [-0.1, -0.05) is 13.8 Å². The van der Waals surface area contributed by atoms with Crippen LogP contribution in [0.15, 0.2) is 18.3 Å². The highest BCUT2D eigenvalue weighted by Crippen LogP contribution is 2.08. The summed E-state index contributed by atoms with van der Waals surface area (Å²) in [6, 6.07) is 2.84. The quantitative estimate of drug-likeness (QED) is 0.855. The summed E-state index contributed by atoms with van der Waals surface area (Å²) in [5.74, 6) is -0.600. The van der Waals surface area contributed by atoms with E-state index in [0.717, 1.165) is 12.8 Å². The van der Waals surface area contributed by atoms with Crippen molar-refractivity contribution in [2.45, 2.75) is 26.7 Å². The Morgan fingerprint density at radius 2 is 2.05 bits per heavy atom. The number of pyridine rings is 1. The number of hydrogen-bond donors (Lipinski definition) is 1. The van der Waals surface area contributed by atoms with Crippen molar-refractivity contribution < 1.29 is 14.7 Å². The highest BCUT2D eigenvalue weighted by atomic mass is 16.4. The van der Waals surface area contributed by atoms with Gasteiger partial charge in [-0.3, -0.25) is 4.79 Å². The minimum Gasteiger partial charge on any atom is -0.477 e. The van der Waals surface area contributed by atoms with Crippen molar-refractivity contribution in [3.63, 3.8) is 0 Å². The van der Waals surface area contributed by atoms with Crippen LogP contribution in [-0.4, -0.2) is 40.5 Å². The van der Waals surface area contributed by atoms with Crippen LogP contribution in [0.5, 0.6) is 0 Å². The average molecular weight is 264 g/mol. The fraction of sp³-hybridized carbons (Fsp3) is 0.500. The monoisotopic (exact) mass is 264 g/mol. The zero-order chi connectivity index (χ0) is 14.4. The van der Waals surface area contributed by atoms with Crippen LogP contribution in [0.2, 0.25) is 0 Å². The van der Waals surface area contributed by atoms with Crippen LogP contribution in [0.4, 0.5) is 0 Å². The molecule has 0 aliphatic rings. The molecule has 104 valence electrons. The molecule has 0 aliphatic carbocycles. The molecular formula is C14H20N2O3. The molecule has 1 amide bonds. The Kier molecular flexibility index (Phi) is 5.48. The van der Waals surface area contributed by atoms with Gasteiger partial charge in [-0.25, -0.2) is 9.78 Å². The van der Waals surface area contributed by atoms with Gasteiger partial charge in [-0.2, -0.15) is 0 Å². The second kappa shape index (κ2) is 6.87. The molecule has 0 atom stereocenters. The highest BCUT2D eigenvalue weighted by Gasteiger charge is 2.13. The first kappa shape index (κ1) is 15.1. The second-order valence-corrected chi connectivity index (χ2v) is 5.00. The first-order valence-electron chi connectivity index (χ1n) is 6.36. The summed E-state index contributed by atoms with van der Waals surface area (Å²) in [6.45, 7) is 4.99. The van der Waals surface area contributed by atoms with Crippen molar-refractivity contribution in [3.05, 3.63) is 29.6 Å². The standard InChI is InChI=1S/C14H20N2O3/c1-10(2)5-4-8-16(3)13(17)11-6-7-12(14(18)19)15-9-11/h6-7,9-10H,4-5,8H2,1-3H3,(H,18,19). The zero-order valence-electron chi connectivity index (χ0n) is 11.6. The van der Waals surface area contributed by atoms with Gasteiger partial charge < -0.3 is 10.0 Å². The van der Waals surface area contributed by atoms with E-state index in [1.54, 1.807) is 11.9 Å². The number of rotatable bonds is 6. The third-order valence-electron chi connectivity index (χ3n) is 2.85. The normalized spacial score (nSPS) is 10.5. The fourth-order valence-electron chi connectivity index (χ4n) is 1.71. The fourth-order valence-corrected chi connectivity index (χ4v) is 1.71. The Bertz CT molecular complexity index is 441. The maximum atomic E-state index is 12.0. The molecule has 1 heterocycles. The van der Waals surface area contributed by atoms with E-state index in [9.17, 15) is 9.59 Å². The molecule has 5 nitrogen and oxygen atoms in total. The van der Waals surface area contributed by atoms with E-state index in [4.69, 9.17) is 5.11 Å². The minimum atomic E-state index is -1.09. The lowest BCUT2D eigenvalue weighted by Gasteiger charge is -2.17. The third kappa shape index (κ3) is 4.69. The summed E-state index contributed by atoms with van der Waals surface area (Å²) < 4.78 is 0. The van der Waals surface area contributed by atoms with Crippen molar-refractivity contribution >= 4 is 11.9 Å². The zero-order valence-corrected chi connectivity index (χ0v) is 11.6. The minimum absolute atomic E-state index is 0.0565. The number of carbonyl (C=O) groups excluding carboxylic acids is 1. The van der Waals surface area contributed by atoms with E-state index >= 15 is 0 Å². The first-order valence-corrected chi connectivity index (χ1v) is 6.36. The Hall–Kier alpha value is -1.91. The number of carbonyl (C=O) groups is 2. The molecule has 1 rings (SSSR count). The average Bonchev–Trinajstić information content (AvgIpc) is 2.37. The second-order valence-electron chi connectivity index (χ2n) is 5.00. The number of hydrogen-bond acceptors (Lipinski definition) is 3. The van der Waals surface area contributed by atoms with Crippen molar-refractivity contribution in [3.8, 4) is 0 Å². The summed E-state index contributed by atoms with van der Waals surface area (Å²) in [6.07, 6.45) is 3.35. The lowest BCUT2D eigenvalue weighted by Crippen LogP contribution is -2.28. The van der Waals surface area contributed by atoms with Crippen molar-refractivity contribution in [2.75, 3.05) is 13.6 Å². The number of nitrogens with zero attached hydrogens (tertiary/aromatic N) is 2. The van der Waals surface area contributed by atoms with Crippen LogP contribution in [0.25, 0.3) is 0 Å². The number of carboxylic acid groups (broad SMARTS) is 1. The van der Waals surface area contributed by atoms with Crippen molar-refractivity contribution in [1.82, 2.24) is 9.88 Å². The smallest absolute Gasteiger partial charge is 0.354 e. The summed E-state index contributed by atoms with van der Waals surface area (Å²) in [5.41, 5.74) is 0.357. The Morgan fingerprint density at radius 3 is 2.53 bits per heavy atom. The van der Waals surface area contributed by atoms with Crippen LogP contribution in [0.1, 0.15) is 47.5 Å². The molecule has 0 bridgehead atoms. The number of amides is 1. The van der Waals surface area contributed by atoms with E-state index in [2.05, 4.69) is 18.8 Å². The molecule has 0 fully saturated rings. The predicted molar refractivity (Wildman–Crippen MR) is 72.2 cm³/mol. The van der Waals surface area contributed by atoms with Crippen LogP contribution < -0.4 is 0 Å². The summed E-state index contributed by atoms with van der Waals surface area (Å²) in [4.78, 5) is 28.1.